The second kappa shape index (κ2) is 12.7. The van der Waals surface area contributed by atoms with Gasteiger partial charge in [-0.3, -0.25) is 19.2 Å². The summed E-state index contributed by atoms with van der Waals surface area (Å²) in [4.78, 5) is 50.3. The number of carbonyl (C=O) groups is 4. The number of aliphatic hydroxyl groups is 1. The lowest BCUT2D eigenvalue weighted by molar-refractivity contribution is -0.170. The summed E-state index contributed by atoms with van der Waals surface area (Å²) in [6.45, 7) is 4.27. The van der Waals surface area contributed by atoms with Gasteiger partial charge in [-0.25, -0.2) is 0 Å². The van der Waals surface area contributed by atoms with Crippen LogP contribution >= 0.6 is 0 Å². The average Bonchev–Trinajstić information content (AvgIpc) is 3.30. The zero-order valence-electron chi connectivity index (χ0n) is 26.5. The number of hydrogen-bond acceptors (Lipinski definition) is 8. The van der Waals surface area contributed by atoms with Crippen molar-refractivity contribution in [1.82, 2.24) is 5.32 Å². The number of methoxy groups -OCH3 is 2. The van der Waals surface area contributed by atoms with E-state index in [0.717, 1.165) is 44.1 Å². The summed E-state index contributed by atoms with van der Waals surface area (Å²) in [5.41, 5.74) is 0.173. The van der Waals surface area contributed by atoms with Gasteiger partial charge in [0.15, 0.2) is 23.9 Å². The first-order valence-corrected chi connectivity index (χ1v) is 16.1. The van der Waals surface area contributed by atoms with Crippen molar-refractivity contribution in [2.45, 2.75) is 90.1 Å². The van der Waals surface area contributed by atoms with Crippen molar-refractivity contribution in [3.05, 3.63) is 35.4 Å². The topological polar surface area (TPSA) is 128 Å². The minimum atomic E-state index is -1.54. The van der Waals surface area contributed by atoms with E-state index in [1.54, 1.807) is 14.2 Å². The second-order valence-corrected chi connectivity index (χ2v) is 13.7. The SMILES string of the molecule is COc1ccc(CCNC(=O)CCC(=O)OCC(=O)C2(O)CCC3C4CCC5=CC(=O)CCC5(C)C4CCC32C)cc1OC. The molecule has 3 saturated carbocycles. The maximum Gasteiger partial charge on any atom is 0.306 e. The highest BCUT2D eigenvalue weighted by atomic mass is 16.5. The van der Waals surface area contributed by atoms with Crippen LogP contribution in [0.25, 0.3) is 0 Å². The fourth-order valence-corrected chi connectivity index (χ4v) is 9.06. The molecule has 0 heterocycles. The summed E-state index contributed by atoms with van der Waals surface area (Å²) >= 11 is 0. The number of ketones is 2. The van der Waals surface area contributed by atoms with Crippen LogP contribution in [0.2, 0.25) is 0 Å². The maximum atomic E-state index is 13.4. The number of Topliss-reactive ketones (excluding diaryl/α,β-unsaturated/α-hetero) is 1. The predicted molar refractivity (Wildman–Crippen MR) is 163 cm³/mol. The number of rotatable bonds is 11. The van der Waals surface area contributed by atoms with Crippen LogP contribution in [0.15, 0.2) is 29.8 Å². The lowest BCUT2D eigenvalue weighted by Gasteiger charge is -2.58. The molecule has 44 heavy (non-hydrogen) atoms. The molecule has 4 aliphatic rings. The molecule has 0 aromatic heterocycles. The van der Waals surface area contributed by atoms with Crippen molar-refractivity contribution < 1.29 is 38.5 Å². The lowest BCUT2D eigenvalue weighted by Crippen LogP contribution is -2.58. The Balaban J connectivity index is 1.09. The van der Waals surface area contributed by atoms with Crippen molar-refractivity contribution in [1.29, 1.82) is 0 Å². The third-order valence-electron chi connectivity index (χ3n) is 11.7. The Hall–Kier alpha value is -3.20. The van der Waals surface area contributed by atoms with Crippen LogP contribution in [-0.4, -0.2) is 61.5 Å². The largest absolute Gasteiger partial charge is 0.493 e. The van der Waals surface area contributed by atoms with Gasteiger partial charge >= 0.3 is 5.97 Å². The Morgan fingerprint density at radius 3 is 2.45 bits per heavy atom. The third-order valence-corrected chi connectivity index (χ3v) is 11.7. The van der Waals surface area contributed by atoms with Gasteiger partial charge in [0.1, 0.15) is 5.60 Å². The molecule has 240 valence electrons. The van der Waals surface area contributed by atoms with E-state index in [0.29, 0.717) is 49.1 Å². The van der Waals surface area contributed by atoms with Gasteiger partial charge in [-0.05, 0) is 98.3 Å². The van der Waals surface area contributed by atoms with Crippen LogP contribution in [0, 0.1) is 28.6 Å². The number of nitrogens with one attached hydrogen (secondary N) is 1. The standard InChI is InChI=1S/C35H47NO8/c1-33-15-11-24(37)20-23(33)6-7-25-26(33)12-16-34(2)27(25)13-17-35(34,41)30(38)21-44-32(40)10-9-31(39)36-18-14-22-5-8-28(42-3)29(19-22)43-4/h5,8,19-20,25-27,41H,6-7,9-18,21H2,1-4H3,(H,36,39). The molecule has 0 spiro atoms. The molecule has 6 atom stereocenters. The highest BCUT2D eigenvalue weighted by molar-refractivity contribution is 5.92. The maximum absolute atomic E-state index is 13.4. The van der Waals surface area contributed by atoms with Crippen LogP contribution in [0.5, 0.6) is 11.5 Å². The molecule has 0 radical (unpaired) electrons. The van der Waals surface area contributed by atoms with E-state index in [1.807, 2.05) is 31.2 Å². The summed E-state index contributed by atoms with van der Waals surface area (Å²) in [6, 6.07) is 5.57. The molecule has 5 rings (SSSR count). The molecular formula is C35H47NO8. The zero-order chi connectivity index (χ0) is 31.7. The van der Waals surface area contributed by atoms with Gasteiger partial charge in [-0.2, -0.15) is 0 Å². The molecule has 6 unspecified atom stereocenters. The fraction of sp³-hybridized carbons (Fsp3) is 0.657. The Labute approximate surface area is 260 Å². The Bertz CT molecular complexity index is 1340. The summed E-state index contributed by atoms with van der Waals surface area (Å²) in [5, 5.41) is 14.6. The number of amides is 1. The summed E-state index contributed by atoms with van der Waals surface area (Å²) in [7, 11) is 3.14. The number of carbonyl (C=O) groups excluding carboxylic acids is 4. The molecule has 2 N–H and O–H groups in total. The molecule has 1 amide bonds. The number of fused-ring (bicyclic) bond motifs is 5. The van der Waals surface area contributed by atoms with E-state index in [9.17, 15) is 24.3 Å². The van der Waals surface area contributed by atoms with E-state index in [4.69, 9.17) is 14.2 Å². The number of ether oxygens (including phenoxy) is 3. The number of esters is 1. The molecule has 0 aliphatic heterocycles. The van der Waals surface area contributed by atoms with E-state index < -0.39 is 29.4 Å². The minimum absolute atomic E-state index is 0.0217. The average molecular weight is 610 g/mol. The summed E-state index contributed by atoms with van der Waals surface area (Å²) in [5.74, 6) is 1.19. The van der Waals surface area contributed by atoms with Crippen molar-refractivity contribution in [2.24, 2.45) is 28.6 Å². The molecule has 4 aliphatic carbocycles. The highest BCUT2D eigenvalue weighted by Crippen LogP contribution is 2.67. The van der Waals surface area contributed by atoms with Gasteiger partial charge in [0, 0.05) is 24.8 Å². The molecule has 9 nitrogen and oxygen atoms in total. The molecule has 1 aromatic carbocycles. The Morgan fingerprint density at radius 2 is 1.70 bits per heavy atom. The van der Waals surface area contributed by atoms with Gasteiger partial charge in [-0.1, -0.05) is 25.5 Å². The van der Waals surface area contributed by atoms with E-state index in [1.165, 1.54) is 5.57 Å². The molecule has 1 aromatic rings. The molecule has 3 fully saturated rings. The first kappa shape index (κ1) is 32.2. The first-order chi connectivity index (χ1) is 20.9. The fourth-order valence-electron chi connectivity index (χ4n) is 9.06. The third kappa shape index (κ3) is 5.80. The van der Waals surface area contributed by atoms with Crippen LogP contribution in [0.4, 0.5) is 0 Å². The number of hydrogen-bond donors (Lipinski definition) is 2. The number of allylic oxidation sites excluding steroid dienone is 1. The second-order valence-electron chi connectivity index (χ2n) is 13.7. The van der Waals surface area contributed by atoms with Gasteiger partial charge in [0.25, 0.3) is 0 Å². The van der Waals surface area contributed by atoms with Crippen LogP contribution < -0.4 is 14.8 Å². The van der Waals surface area contributed by atoms with Crippen LogP contribution in [0.1, 0.15) is 83.6 Å². The van der Waals surface area contributed by atoms with Gasteiger partial charge < -0.3 is 24.6 Å². The first-order valence-electron chi connectivity index (χ1n) is 16.1. The van der Waals surface area contributed by atoms with E-state index >= 15 is 0 Å². The Morgan fingerprint density at radius 1 is 0.955 bits per heavy atom. The lowest BCUT2D eigenvalue weighted by atomic mass is 9.46. The van der Waals surface area contributed by atoms with Crippen molar-refractivity contribution >= 4 is 23.4 Å². The molecule has 9 heteroatoms. The summed E-state index contributed by atoms with van der Waals surface area (Å²) < 4.78 is 15.8. The number of benzene rings is 1. The monoisotopic (exact) mass is 609 g/mol. The minimum Gasteiger partial charge on any atom is -0.493 e. The van der Waals surface area contributed by atoms with Crippen LogP contribution in [-0.2, 0) is 30.3 Å². The quantitative estimate of drug-likeness (QED) is 0.351. The molecule has 0 saturated heterocycles. The Kier molecular flexibility index (Phi) is 9.26. The smallest absolute Gasteiger partial charge is 0.306 e. The molecule has 0 bridgehead atoms. The van der Waals surface area contributed by atoms with Crippen molar-refractivity contribution in [3.8, 4) is 11.5 Å². The van der Waals surface area contributed by atoms with E-state index in [-0.39, 0.29) is 35.9 Å². The summed E-state index contributed by atoms with van der Waals surface area (Å²) in [6.07, 6.45) is 8.44. The van der Waals surface area contributed by atoms with Gasteiger partial charge in [0.2, 0.25) is 11.7 Å². The van der Waals surface area contributed by atoms with Crippen molar-refractivity contribution in [3.63, 3.8) is 0 Å². The molecular weight excluding hydrogens is 562 g/mol. The predicted octanol–water partition coefficient (Wildman–Crippen LogP) is 4.52. The van der Waals surface area contributed by atoms with Gasteiger partial charge in [-0.15, -0.1) is 0 Å². The van der Waals surface area contributed by atoms with E-state index in [2.05, 4.69) is 12.2 Å². The highest BCUT2D eigenvalue weighted by Gasteiger charge is 2.66. The normalized spacial score (nSPS) is 32.4. The van der Waals surface area contributed by atoms with Crippen LogP contribution in [0.3, 0.4) is 0 Å². The van der Waals surface area contributed by atoms with Gasteiger partial charge in [0.05, 0.1) is 20.6 Å². The van der Waals surface area contributed by atoms with Crippen molar-refractivity contribution in [2.75, 3.05) is 27.4 Å². The zero-order valence-corrected chi connectivity index (χ0v) is 26.5.